The summed E-state index contributed by atoms with van der Waals surface area (Å²) in [5.41, 5.74) is 5.31. The third kappa shape index (κ3) is 3.35. The molecule has 0 aliphatic rings. The van der Waals surface area contributed by atoms with Crippen LogP contribution in [0.25, 0.3) is 38.4 Å². The minimum Gasteiger partial charge on any atom is -0.329 e. The molecule has 0 radical (unpaired) electrons. The van der Waals surface area contributed by atoms with Crippen LogP contribution in [-0.2, 0) is 0 Å². The fourth-order valence-electron chi connectivity index (χ4n) is 3.52. The van der Waals surface area contributed by atoms with Crippen molar-refractivity contribution in [2.24, 2.45) is 0 Å². The van der Waals surface area contributed by atoms with Crippen LogP contribution in [0.2, 0.25) is 5.02 Å². The molecule has 6 rings (SSSR count). The van der Waals surface area contributed by atoms with Crippen LogP contribution in [-0.4, -0.2) is 29.8 Å². The number of fused-ring (bicyclic) bond motifs is 2. The van der Waals surface area contributed by atoms with E-state index >= 15 is 0 Å². The zero-order valence-corrected chi connectivity index (χ0v) is 19.4. The Labute approximate surface area is 199 Å². The Morgan fingerprint density at radius 1 is 1.06 bits per heavy atom. The summed E-state index contributed by atoms with van der Waals surface area (Å²) in [5.74, 6) is 0. The predicted molar refractivity (Wildman–Crippen MR) is 132 cm³/mol. The largest absolute Gasteiger partial charge is 0.329 e. The van der Waals surface area contributed by atoms with Gasteiger partial charge in [0.1, 0.15) is 5.65 Å². The molecule has 0 aliphatic carbocycles. The molecule has 6 aromatic rings. The van der Waals surface area contributed by atoms with E-state index in [2.05, 4.69) is 41.6 Å². The van der Waals surface area contributed by atoms with Gasteiger partial charge in [0.25, 0.3) is 0 Å². The third-order valence-electron chi connectivity index (χ3n) is 5.08. The van der Waals surface area contributed by atoms with E-state index in [-0.39, 0.29) is 0 Å². The number of halogens is 2. The number of benzene rings is 2. The summed E-state index contributed by atoms with van der Waals surface area (Å²) in [6.45, 7) is 0. The number of imidazole rings is 1. The van der Waals surface area contributed by atoms with Gasteiger partial charge in [0.2, 0.25) is 5.13 Å². The Balaban J connectivity index is 1.35. The highest BCUT2D eigenvalue weighted by Gasteiger charge is 2.15. The third-order valence-corrected chi connectivity index (χ3v) is 6.89. The molecule has 7 nitrogen and oxygen atoms in total. The molecule has 0 amide bonds. The topological polar surface area (TPSA) is 83.8 Å². The number of H-pyrrole nitrogens is 1. The van der Waals surface area contributed by atoms with Gasteiger partial charge in [-0.3, -0.25) is 5.10 Å². The van der Waals surface area contributed by atoms with E-state index in [0.717, 1.165) is 48.5 Å². The zero-order chi connectivity index (χ0) is 21.7. The maximum atomic E-state index is 6.52. The first-order valence-corrected chi connectivity index (χ1v) is 11.6. The quantitative estimate of drug-likeness (QED) is 0.274. The molecule has 4 aromatic heterocycles. The van der Waals surface area contributed by atoms with Crippen LogP contribution in [0, 0.1) is 0 Å². The van der Waals surface area contributed by atoms with Gasteiger partial charge in [-0.05, 0) is 36.4 Å². The molecule has 156 valence electrons. The number of aromatic amines is 1. The molecule has 4 heterocycles. The summed E-state index contributed by atoms with van der Waals surface area (Å²) < 4.78 is 3.04. The lowest BCUT2D eigenvalue weighted by Crippen LogP contribution is -1.90. The van der Waals surface area contributed by atoms with Gasteiger partial charge in [0, 0.05) is 27.8 Å². The number of hydrogen-bond acceptors (Lipinski definition) is 6. The monoisotopic (exact) mass is 521 g/mol. The maximum Gasteiger partial charge on any atom is 0.210 e. The lowest BCUT2D eigenvalue weighted by atomic mass is 10.2. The van der Waals surface area contributed by atoms with Crippen LogP contribution in [0.3, 0.4) is 0 Å². The molecule has 0 aliphatic heterocycles. The highest BCUT2D eigenvalue weighted by Crippen LogP contribution is 2.35. The van der Waals surface area contributed by atoms with Gasteiger partial charge in [-0.25, -0.2) is 4.98 Å². The van der Waals surface area contributed by atoms with Gasteiger partial charge in [-0.2, -0.15) is 5.10 Å². The van der Waals surface area contributed by atoms with Crippen LogP contribution in [0.1, 0.15) is 0 Å². The van der Waals surface area contributed by atoms with Crippen molar-refractivity contribution in [1.29, 1.82) is 0 Å². The summed E-state index contributed by atoms with van der Waals surface area (Å²) in [7, 11) is 0. The van der Waals surface area contributed by atoms with Crippen molar-refractivity contribution >= 4 is 66.2 Å². The first kappa shape index (κ1) is 19.4. The van der Waals surface area contributed by atoms with Crippen molar-refractivity contribution < 1.29 is 0 Å². The van der Waals surface area contributed by atoms with Crippen LogP contribution in [0.15, 0.2) is 71.6 Å². The van der Waals surface area contributed by atoms with Gasteiger partial charge in [0.15, 0.2) is 5.01 Å². The van der Waals surface area contributed by atoms with Gasteiger partial charge in [-0.15, -0.1) is 10.2 Å². The van der Waals surface area contributed by atoms with Gasteiger partial charge in [-0.1, -0.05) is 51.0 Å². The number of pyridine rings is 1. The second kappa shape index (κ2) is 7.70. The summed E-state index contributed by atoms with van der Waals surface area (Å²) in [4.78, 5) is 4.86. The number of aromatic nitrogens is 6. The van der Waals surface area contributed by atoms with E-state index in [0.29, 0.717) is 10.2 Å². The van der Waals surface area contributed by atoms with Crippen molar-refractivity contribution in [3.05, 3.63) is 76.6 Å². The Kier molecular flexibility index (Phi) is 4.67. The van der Waals surface area contributed by atoms with Gasteiger partial charge >= 0.3 is 0 Å². The Bertz CT molecular complexity index is 1590. The molecule has 0 saturated heterocycles. The first-order chi connectivity index (χ1) is 15.7. The normalized spacial score (nSPS) is 11.4. The van der Waals surface area contributed by atoms with Crippen molar-refractivity contribution in [3.8, 4) is 21.8 Å². The SMILES string of the molecule is Clc1c(Nc2nnc(-c3cccn4cc(-c5ccc(Br)cc5)nc34)s2)ccc2[nH]ncc12. The lowest BCUT2D eigenvalue weighted by Gasteiger charge is -2.05. The van der Waals surface area contributed by atoms with Crippen molar-refractivity contribution in [2.45, 2.75) is 0 Å². The van der Waals surface area contributed by atoms with Crippen molar-refractivity contribution in [3.63, 3.8) is 0 Å². The van der Waals surface area contributed by atoms with Crippen LogP contribution in [0.5, 0.6) is 0 Å². The standard InChI is InChI=1S/C22H13BrClN7S/c23-13-5-3-12(4-6-13)18-11-31-9-1-2-14(20(31)26-18)21-29-30-22(32-21)27-17-8-7-16-15(19(17)24)10-25-28-16/h1-11H,(H,25,28)(H,27,30). The Hall–Kier alpha value is -3.27. The summed E-state index contributed by atoms with van der Waals surface area (Å²) in [6, 6.07) is 15.9. The number of rotatable bonds is 4. The maximum absolute atomic E-state index is 6.52. The first-order valence-electron chi connectivity index (χ1n) is 9.62. The minimum absolute atomic E-state index is 0.586. The van der Waals surface area contributed by atoms with E-state index in [9.17, 15) is 0 Å². The molecule has 2 aromatic carbocycles. The van der Waals surface area contributed by atoms with Gasteiger partial charge < -0.3 is 9.72 Å². The molecular formula is C22H13BrClN7S. The van der Waals surface area contributed by atoms with Crippen LogP contribution < -0.4 is 5.32 Å². The van der Waals surface area contributed by atoms with E-state index in [1.165, 1.54) is 11.3 Å². The number of anilines is 2. The van der Waals surface area contributed by atoms with E-state index in [1.807, 2.05) is 65.3 Å². The highest BCUT2D eigenvalue weighted by molar-refractivity contribution is 9.10. The smallest absolute Gasteiger partial charge is 0.210 e. The van der Waals surface area contributed by atoms with E-state index < -0.39 is 0 Å². The van der Waals surface area contributed by atoms with Crippen molar-refractivity contribution in [1.82, 2.24) is 29.8 Å². The molecule has 0 saturated carbocycles. The average Bonchev–Trinajstić information content (AvgIpc) is 3.55. The fraction of sp³-hybridized carbons (Fsp3) is 0. The molecule has 0 unspecified atom stereocenters. The van der Waals surface area contributed by atoms with E-state index in [4.69, 9.17) is 16.6 Å². The lowest BCUT2D eigenvalue weighted by molar-refractivity contribution is 1.09. The summed E-state index contributed by atoms with van der Waals surface area (Å²) in [6.07, 6.45) is 5.70. The number of nitrogens with one attached hydrogen (secondary N) is 2. The predicted octanol–water partition coefficient (Wildman–Crippen LogP) is 6.56. The second-order valence-corrected chi connectivity index (χ2v) is 9.35. The second-order valence-electron chi connectivity index (χ2n) is 7.08. The molecule has 2 N–H and O–H groups in total. The molecular weight excluding hydrogens is 510 g/mol. The highest BCUT2D eigenvalue weighted by atomic mass is 79.9. The average molecular weight is 523 g/mol. The molecule has 0 atom stereocenters. The molecule has 0 bridgehead atoms. The summed E-state index contributed by atoms with van der Waals surface area (Å²) in [5, 5.41) is 21.8. The van der Waals surface area contributed by atoms with Crippen LogP contribution in [0.4, 0.5) is 10.8 Å². The van der Waals surface area contributed by atoms with Crippen LogP contribution >= 0.6 is 38.9 Å². The van der Waals surface area contributed by atoms with Gasteiger partial charge in [0.05, 0.1) is 33.7 Å². The summed E-state index contributed by atoms with van der Waals surface area (Å²) >= 11 is 11.4. The Morgan fingerprint density at radius 2 is 1.94 bits per heavy atom. The molecule has 0 fully saturated rings. The van der Waals surface area contributed by atoms with E-state index in [1.54, 1.807) is 6.20 Å². The molecule has 0 spiro atoms. The zero-order valence-electron chi connectivity index (χ0n) is 16.3. The fourth-order valence-corrected chi connectivity index (χ4v) is 4.82. The molecule has 10 heteroatoms. The molecule has 32 heavy (non-hydrogen) atoms. The number of nitrogens with zero attached hydrogens (tertiary/aromatic N) is 5. The van der Waals surface area contributed by atoms with Crippen molar-refractivity contribution in [2.75, 3.05) is 5.32 Å². The minimum atomic E-state index is 0.586. The number of hydrogen-bond donors (Lipinski definition) is 2. The Morgan fingerprint density at radius 3 is 2.81 bits per heavy atom.